The number of anilines is 1. The molecule has 16 heavy (non-hydrogen) atoms. The molecule has 0 heterocycles. The molecule has 0 aliphatic carbocycles. The first-order chi connectivity index (χ1) is 7.45. The second-order valence-corrected chi connectivity index (χ2v) is 3.02. The van der Waals surface area contributed by atoms with E-state index < -0.39 is 28.8 Å². The number of nitrogens with two attached hydrogens (primary N) is 1. The molecule has 1 aromatic rings. The highest BCUT2D eigenvalue weighted by molar-refractivity contribution is 5.75. The molecule has 0 radical (unpaired) electrons. The van der Waals surface area contributed by atoms with Crippen LogP contribution in [0, 0.1) is 15.9 Å². The number of hydrogen-bond donors (Lipinski definition) is 1. The smallest absolute Gasteiger partial charge is 0.310 e. The van der Waals surface area contributed by atoms with E-state index in [0.717, 1.165) is 13.2 Å². The summed E-state index contributed by atoms with van der Waals surface area (Å²) in [6, 6.07) is 2.01. The summed E-state index contributed by atoms with van der Waals surface area (Å²) >= 11 is 0. The molecule has 0 spiro atoms. The van der Waals surface area contributed by atoms with Crippen molar-refractivity contribution in [2.75, 3.05) is 12.8 Å². The van der Waals surface area contributed by atoms with Crippen molar-refractivity contribution in [2.24, 2.45) is 0 Å². The van der Waals surface area contributed by atoms with Crippen LogP contribution in [0.2, 0.25) is 0 Å². The van der Waals surface area contributed by atoms with Gasteiger partial charge in [-0.15, -0.1) is 0 Å². The molecular weight excluding hydrogens is 219 g/mol. The van der Waals surface area contributed by atoms with Gasteiger partial charge in [0.2, 0.25) is 5.82 Å². The summed E-state index contributed by atoms with van der Waals surface area (Å²) in [5, 5.41) is 10.6. The van der Waals surface area contributed by atoms with Crippen molar-refractivity contribution in [3.8, 4) is 0 Å². The molecule has 0 saturated carbocycles. The maximum Gasteiger partial charge on any atom is 0.310 e. The quantitative estimate of drug-likeness (QED) is 0.361. The second kappa shape index (κ2) is 4.56. The number of nitro groups is 1. The van der Waals surface area contributed by atoms with Crippen LogP contribution >= 0.6 is 0 Å². The fourth-order valence-corrected chi connectivity index (χ4v) is 1.25. The molecule has 0 aliphatic heterocycles. The van der Waals surface area contributed by atoms with Crippen LogP contribution in [-0.2, 0) is 16.0 Å². The predicted octanol–water partition coefficient (Wildman–Crippen LogP) is 1.03. The molecule has 2 N–H and O–H groups in total. The molecule has 0 aromatic heterocycles. The van der Waals surface area contributed by atoms with Gasteiger partial charge in [0.1, 0.15) is 0 Å². The summed E-state index contributed by atoms with van der Waals surface area (Å²) in [5.74, 6) is -1.77. The summed E-state index contributed by atoms with van der Waals surface area (Å²) in [6.45, 7) is 0. The lowest BCUT2D eigenvalue weighted by Crippen LogP contribution is -2.08. The van der Waals surface area contributed by atoms with Gasteiger partial charge in [0.25, 0.3) is 0 Å². The minimum absolute atomic E-state index is 0.0157. The zero-order chi connectivity index (χ0) is 12.3. The SMILES string of the molecule is COC(=O)Cc1cc(N)cc(F)c1[N+](=O)[O-]. The fraction of sp³-hybridized carbons (Fsp3) is 0.222. The minimum atomic E-state index is -1.07. The molecule has 0 atom stereocenters. The van der Waals surface area contributed by atoms with Crippen LogP contribution < -0.4 is 5.73 Å². The second-order valence-electron chi connectivity index (χ2n) is 3.02. The van der Waals surface area contributed by atoms with E-state index in [0.29, 0.717) is 0 Å². The molecule has 0 bridgehead atoms. The Morgan fingerprint density at radius 2 is 2.25 bits per heavy atom. The zero-order valence-electron chi connectivity index (χ0n) is 8.40. The number of carbonyl (C=O) groups is 1. The first-order valence-electron chi connectivity index (χ1n) is 4.24. The minimum Gasteiger partial charge on any atom is -0.469 e. The molecule has 1 rings (SSSR count). The number of benzene rings is 1. The van der Waals surface area contributed by atoms with E-state index in [2.05, 4.69) is 4.74 Å². The fourth-order valence-electron chi connectivity index (χ4n) is 1.25. The third-order valence-electron chi connectivity index (χ3n) is 1.91. The molecule has 1 aromatic carbocycles. The first kappa shape index (κ1) is 11.9. The molecule has 7 heteroatoms. The van der Waals surface area contributed by atoms with Crippen molar-refractivity contribution in [2.45, 2.75) is 6.42 Å². The van der Waals surface area contributed by atoms with Crippen molar-refractivity contribution in [1.29, 1.82) is 0 Å². The Morgan fingerprint density at radius 3 is 2.75 bits per heavy atom. The van der Waals surface area contributed by atoms with Crippen LogP contribution in [0.25, 0.3) is 0 Å². The van der Waals surface area contributed by atoms with Gasteiger partial charge in [-0.1, -0.05) is 0 Å². The van der Waals surface area contributed by atoms with Gasteiger partial charge >= 0.3 is 11.7 Å². The molecule has 0 saturated heterocycles. The van der Waals surface area contributed by atoms with Gasteiger partial charge in [-0.05, 0) is 6.07 Å². The van der Waals surface area contributed by atoms with Gasteiger partial charge in [-0.3, -0.25) is 14.9 Å². The monoisotopic (exact) mass is 228 g/mol. The highest BCUT2D eigenvalue weighted by atomic mass is 19.1. The molecular formula is C9H9FN2O4. The van der Waals surface area contributed by atoms with E-state index in [1.807, 2.05) is 0 Å². The number of nitro benzene ring substituents is 1. The Balaban J connectivity index is 3.24. The standard InChI is InChI=1S/C9H9FN2O4/c1-16-8(13)3-5-2-6(11)4-7(10)9(5)12(14)15/h2,4H,3,11H2,1H3. The van der Waals surface area contributed by atoms with Crippen LogP contribution in [0.3, 0.4) is 0 Å². The first-order valence-corrected chi connectivity index (χ1v) is 4.24. The van der Waals surface area contributed by atoms with E-state index >= 15 is 0 Å². The molecule has 6 nitrogen and oxygen atoms in total. The summed E-state index contributed by atoms with van der Waals surface area (Å²) < 4.78 is 17.6. The molecule has 86 valence electrons. The van der Waals surface area contributed by atoms with E-state index in [1.165, 1.54) is 6.07 Å². The predicted molar refractivity (Wildman–Crippen MR) is 53.2 cm³/mol. The van der Waals surface area contributed by atoms with Gasteiger partial charge < -0.3 is 10.5 Å². The number of rotatable bonds is 3. The Labute approximate surface area is 90.0 Å². The Hall–Kier alpha value is -2.18. The third kappa shape index (κ3) is 2.44. The van der Waals surface area contributed by atoms with E-state index in [1.54, 1.807) is 0 Å². The topological polar surface area (TPSA) is 95.5 Å². The number of hydrogen-bond acceptors (Lipinski definition) is 5. The van der Waals surface area contributed by atoms with E-state index in [9.17, 15) is 19.3 Å². The number of ether oxygens (including phenoxy) is 1. The Kier molecular flexibility index (Phi) is 3.39. The number of nitrogens with zero attached hydrogens (tertiary/aromatic N) is 1. The van der Waals surface area contributed by atoms with Crippen LogP contribution in [0.1, 0.15) is 5.56 Å². The molecule has 0 amide bonds. The van der Waals surface area contributed by atoms with Gasteiger partial charge in [0.05, 0.1) is 18.5 Å². The van der Waals surface area contributed by atoms with Crippen molar-refractivity contribution in [1.82, 2.24) is 0 Å². The number of methoxy groups -OCH3 is 1. The largest absolute Gasteiger partial charge is 0.469 e. The lowest BCUT2D eigenvalue weighted by atomic mass is 10.1. The third-order valence-corrected chi connectivity index (χ3v) is 1.91. The van der Waals surface area contributed by atoms with Gasteiger partial charge in [-0.2, -0.15) is 4.39 Å². The highest BCUT2D eigenvalue weighted by Gasteiger charge is 2.22. The molecule has 0 fully saturated rings. The summed E-state index contributed by atoms with van der Waals surface area (Å²) in [7, 11) is 1.14. The maximum atomic E-state index is 13.2. The number of esters is 1. The lowest BCUT2D eigenvalue weighted by Gasteiger charge is -2.04. The molecule has 0 aliphatic rings. The number of halogens is 1. The van der Waals surface area contributed by atoms with E-state index in [-0.39, 0.29) is 11.3 Å². The Morgan fingerprint density at radius 1 is 1.62 bits per heavy atom. The van der Waals surface area contributed by atoms with Gasteiger partial charge in [-0.25, -0.2) is 0 Å². The zero-order valence-corrected chi connectivity index (χ0v) is 8.40. The maximum absolute atomic E-state index is 13.2. The van der Waals surface area contributed by atoms with Crippen LogP contribution in [-0.4, -0.2) is 18.0 Å². The summed E-state index contributed by atoms with van der Waals surface area (Å²) in [5.41, 5.74) is 4.49. The van der Waals surface area contributed by atoms with Crippen LogP contribution in [0.15, 0.2) is 12.1 Å². The molecule has 0 unspecified atom stereocenters. The Bertz CT molecular complexity index is 447. The summed E-state index contributed by atoms with van der Waals surface area (Å²) in [4.78, 5) is 20.7. The van der Waals surface area contributed by atoms with Crippen LogP contribution in [0.4, 0.5) is 15.8 Å². The lowest BCUT2D eigenvalue weighted by molar-refractivity contribution is -0.388. The number of nitrogen functional groups attached to an aromatic ring is 1. The average molecular weight is 228 g/mol. The van der Waals surface area contributed by atoms with Crippen molar-refractivity contribution < 1.29 is 18.8 Å². The van der Waals surface area contributed by atoms with E-state index in [4.69, 9.17) is 5.73 Å². The van der Waals surface area contributed by atoms with Gasteiger partial charge in [0.15, 0.2) is 0 Å². The van der Waals surface area contributed by atoms with Gasteiger partial charge in [0, 0.05) is 17.3 Å². The highest BCUT2D eigenvalue weighted by Crippen LogP contribution is 2.26. The van der Waals surface area contributed by atoms with Crippen molar-refractivity contribution >= 4 is 17.3 Å². The van der Waals surface area contributed by atoms with Crippen molar-refractivity contribution in [3.05, 3.63) is 33.6 Å². The average Bonchev–Trinajstić information content (AvgIpc) is 2.15. The van der Waals surface area contributed by atoms with Crippen LogP contribution in [0.5, 0.6) is 0 Å². The van der Waals surface area contributed by atoms with Crippen molar-refractivity contribution in [3.63, 3.8) is 0 Å². The normalized spacial score (nSPS) is 9.88. The summed E-state index contributed by atoms with van der Waals surface area (Å²) in [6.07, 6.45) is -0.394. The number of carbonyl (C=O) groups excluding carboxylic acids is 1.